The average Bonchev–Trinajstić information content (AvgIpc) is 2.73. The van der Waals surface area contributed by atoms with Crippen molar-refractivity contribution >= 4 is 10.9 Å². The molecule has 1 heterocycles. The summed E-state index contributed by atoms with van der Waals surface area (Å²) in [7, 11) is 1.68. The predicted octanol–water partition coefficient (Wildman–Crippen LogP) is 2.95. The van der Waals surface area contributed by atoms with E-state index in [-0.39, 0.29) is 0 Å². The first-order chi connectivity index (χ1) is 7.86. The number of ether oxygens (including phenoxy) is 1. The largest absolute Gasteiger partial charge is 0.496 e. The van der Waals surface area contributed by atoms with E-state index in [9.17, 15) is 0 Å². The van der Waals surface area contributed by atoms with Gasteiger partial charge in [0.25, 0.3) is 0 Å². The molecule has 16 heavy (non-hydrogen) atoms. The van der Waals surface area contributed by atoms with Gasteiger partial charge in [-0.05, 0) is 24.6 Å². The summed E-state index contributed by atoms with van der Waals surface area (Å²) in [5.41, 5.74) is 1.16. The second-order valence-corrected chi connectivity index (χ2v) is 3.66. The van der Waals surface area contributed by atoms with Crippen LogP contribution < -0.4 is 4.74 Å². The van der Waals surface area contributed by atoms with Crippen molar-refractivity contribution in [2.24, 2.45) is 0 Å². The van der Waals surface area contributed by atoms with Gasteiger partial charge < -0.3 is 9.30 Å². The second-order valence-electron chi connectivity index (χ2n) is 3.66. The molecule has 0 atom stereocenters. The van der Waals surface area contributed by atoms with Gasteiger partial charge in [0.2, 0.25) is 0 Å². The lowest BCUT2D eigenvalue weighted by Crippen LogP contribution is -1.95. The Balaban J connectivity index is 2.31. The number of unbranched alkanes of at least 4 members (excludes halogenated alkanes) is 1. The zero-order valence-electron chi connectivity index (χ0n) is 9.31. The van der Waals surface area contributed by atoms with Crippen LogP contribution in [0.25, 0.3) is 10.9 Å². The van der Waals surface area contributed by atoms with E-state index in [0.29, 0.717) is 6.42 Å². The maximum absolute atomic E-state index is 8.51. The van der Waals surface area contributed by atoms with Gasteiger partial charge in [0, 0.05) is 24.5 Å². The van der Waals surface area contributed by atoms with Crippen molar-refractivity contribution in [2.75, 3.05) is 7.11 Å². The normalized spacial score (nSPS) is 10.2. The van der Waals surface area contributed by atoms with Crippen LogP contribution in [-0.4, -0.2) is 11.7 Å². The molecule has 0 unspecified atom stereocenters. The van der Waals surface area contributed by atoms with Crippen molar-refractivity contribution in [1.82, 2.24) is 4.57 Å². The standard InChI is InChI=1S/C13H14N2O/c1-16-13-6-4-5-12-11(13)7-10-15(12)9-3-2-8-14/h4-7,10H,2-3,9H2,1H3. The maximum atomic E-state index is 8.51. The molecule has 2 aromatic rings. The van der Waals surface area contributed by atoms with Crippen LogP contribution in [0.3, 0.4) is 0 Å². The molecule has 82 valence electrons. The summed E-state index contributed by atoms with van der Waals surface area (Å²) in [5.74, 6) is 0.900. The third-order valence-corrected chi connectivity index (χ3v) is 2.68. The molecule has 0 aliphatic heterocycles. The molecule has 0 saturated heterocycles. The van der Waals surface area contributed by atoms with Gasteiger partial charge in [0.1, 0.15) is 5.75 Å². The summed E-state index contributed by atoms with van der Waals surface area (Å²) in [4.78, 5) is 0. The summed E-state index contributed by atoms with van der Waals surface area (Å²) in [6, 6.07) is 10.2. The fourth-order valence-electron chi connectivity index (χ4n) is 1.90. The third-order valence-electron chi connectivity index (χ3n) is 2.68. The molecule has 0 fully saturated rings. The number of aromatic nitrogens is 1. The SMILES string of the molecule is COc1cccc2c1ccn2CCCC#N. The van der Waals surface area contributed by atoms with Gasteiger partial charge in [-0.2, -0.15) is 5.26 Å². The third kappa shape index (κ3) is 1.87. The average molecular weight is 214 g/mol. The van der Waals surface area contributed by atoms with Crippen molar-refractivity contribution in [3.8, 4) is 11.8 Å². The molecular weight excluding hydrogens is 200 g/mol. The van der Waals surface area contributed by atoms with E-state index in [1.807, 2.05) is 18.3 Å². The van der Waals surface area contributed by atoms with Crippen molar-refractivity contribution < 1.29 is 4.74 Å². The number of aryl methyl sites for hydroxylation is 1. The second kappa shape index (κ2) is 4.71. The molecule has 3 heteroatoms. The molecule has 0 spiro atoms. The predicted molar refractivity (Wildman–Crippen MR) is 63.3 cm³/mol. The Kier molecular flexibility index (Phi) is 3.11. The van der Waals surface area contributed by atoms with Crippen molar-refractivity contribution in [3.63, 3.8) is 0 Å². The number of hydrogen-bond donors (Lipinski definition) is 0. The summed E-state index contributed by atoms with van der Waals surface area (Å²) in [5, 5.41) is 9.64. The maximum Gasteiger partial charge on any atom is 0.128 e. The van der Waals surface area contributed by atoms with Gasteiger partial charge in [0.15, 0.2) is 0 Å². The van der Waals surface area contributed by atoms with E-state index in [0.717, 1.165) is 29.6 Å². The first kappa shape index (κ1) is 10.6. The number of benzene rings is 1. The van der Waals surface area contributed by atoms with Gasteiger partial charge in [-0.3, -0.25) is 0 Å². The highest BCUT2D eigenvalue weighted by Gasteiger charge is 2.04. The Labute approximate surface area is 94.9 Å². The summed E-state index contributed by atoms with van der Waals surface area (Å²) >= 11 is 0. The lowest BCUT2D eigenvalue weighted by Gasteiger charge is -2.05. The Bertz CT molecular complexity index is 522. The van der Waals surface area contributed by atoms with E-state index in [1.165, 1.54) is 0 Å². The Morgan fingerprint density at radius 2 is 2.25 bits per heavy atom. The highest BCUT2D eigenvalue weighted by molar-refractivity contribution is 5.86. The highest BCUT2D eigenvalue weighted by atomic mass is 16.5. The van der Waals surface area contributed by atoms with Crippen LogP contribution in [0.15, 0.2) is 30.5 Å². The van der Waals surface area contributed by atoms with Crippen molar-refractivity contribution in [1.29, 1.82) is 5.26 Å². The summed E-state index contributed by atoms with van der Waals surface area (Å²) in [6.07, 6.45) is 3.53. The minimum Gasteiger partial charge on any atom is -0.496 e. The number of fused-ring (bicyclic) bond motifs is 1. The van der Waals surface area contributed by atoms with Crippen LogP contribution in [0.4, 0.5) is 0 Å². The van der Waals surface area contributed by atoms with Crippen LogP contribution >= 0.6 is 0 Å². The molecule has 0 saturated carbocycles. The molecule has 0 bridgehead atoms. The number of methoxy groups -OCH3 is 1. The molecule has 1 aromatic heterocycles. The van der Waals surface area contributed by atoms with E-state index in [1.54, 1.807) is 7.11 Å². The Morgan fingerprint density at radius 1 is 1.38 bits per heavy atom. The minimum absolute atomic E-state index is 0.601. The van der Waals surface area contributed by atoms with Crippen molar-refractivity contribution in [3.05, 3.63) is 30.5 Å². The first-order valence-electron chi connectivity index (χ1n) is 5.35. The molecule has 3 nitrogen and oxygen atoms in total. The van der Waals surface area contributed by atoms with E-state index in [4.69, 9.17) is 10.00 Å². The van der Waals surface area contributed by atoms with Gasteiger partial charge in [-0.15, -0.1) is 0 Å². The van der Waals surface area contributed by atoms with Gasteiger partial charge in [-0.1, -0.05) is 6.07 Å². The topological polar surface area (TPSA) is 38.0 Å². The fourth-order valence-corrected chi connectivity index (χ4v) is 1.90. The van der Waals surface area contributed by atoms with Crippen LogP contribution in [0.2, 0.25) is 0 Å². The molecular formula is C13H14N2O. The fraction of sp³-hybridized carbons (Fsp3) is 0.308. The minimum atomic E-state index is 0.601. The molecule has 0 aliphatic carbocycles. The Morgan fingerprint density at radius 3 is 3.00 bits per heavy atom. The highest BCUT2D eigenvalue weighted by Crippen LogP contribution is 2.26. The smallest absolute Gasteiger partial charge is 0.128 e. The molecule has 0 N–H and O–H groups in total. The van der Waals surface area contributed by atoms with E-state index in [2.05, 4.69) is 22.8 Å². The molecule has 0 radical (unpaired) electrons. The van der Waals surface area contributed by atoms with Crippen molar-refractivity contribution in [2.45, 2.75) is 19.4 Å². The monoisotopic (exact) mass is 214 g/mol. The number of nitrogens with zero attached hydrogens (tertiary/aromatic N) is 2. The zero-order valence-corrected chi connectivity index (χ0v) is 9.31. The lowest BCUT2D eigenvalue weighted by molar-refractivity contribution is 0.420. The van der Waals surface area contributed by atoms with E-state index >= 15 is 0 Å². The summed E-state index contributed by atoms with van der Waals surface area (Å²) in [6.45, 7) is 0.879. The first-order valence-corrected chi connectivity index (χ1v) is 5.35. The molecule has 2 rings (SSSR count). The van der Waals surface area contributed by atoms with Crippen LogP contribution in [0.5, 0.6) is 5.75 Å². The number of rotatable bonds is 4. The van der Waals surface area contributed by atoms with Crippen LogP contribution in [0.1, 0.15) is 12.8 Å². The van der Waals surface area contributed by atoms with Crippen LogP contribution in [0, 0.1) is 11.3 Å². The van der Waals surface area contributed by atoms with Gasteiger partial charge in [0.05, 0.1) is 18.7 Å². The zero-order chi connectivity index (χ0) is 11.4. The molecule has 1 aromatic carbocycles. The summed E-state index contributed by atoms with van der Waals surface area (Å²) < 4.78 is 7.46. The van der Waals surface area contributed by atoms with Gasteiger partial charge >= 0.3 is 0 Å². The number of hydrogen-bond acceptors (Lipinski definition) is 2. The lowest BCUT2D eigenvalue weighted by atomic mass is 10.2. The molecule has 0 aliphatic rings. The van der Waals surface area contributed by atoms with E-state index < -0.39 is 0 Å². The van der Waals surface area contributed by atoms with Crippen LogP contribution in [-0.2, 0) is 6.54 Å². The Hall–Kier alpha value is -1.95. The quantitative estimate of drug-likeness (QED) is 0.734. The van der Waals surface area contributed by atoms with Gasteiger partial charge in [-0.25, -0.2) is 0 Å². The molecule has 0 amide bonds. The number of nitriles is 1.